The van der Waals surface area contributed by atoms with Crippen LogP contribution in [0.1, 0.15) is 16.8 Å². The van der Waals surface area contributed by atoms with E-state index >= 15 is 0 Å². The van der Waals surface area contributed by atoms with Crippen molar-refractivity contribution in [1.29, 1.82) is 0 Å². The van der Waals surface area contributed by atoms with E-state index in [1.54, 1.807) is 18.0 Å². The van der Waals surface area contributed by atoms with Crippen LogP contribution < -0.4 is 15.0 Å². The average molecular weight is 496 g/mol. The van der Waals surface area contributed by atoms with E-state index in [1.807, 2.05) is 54.6 Å². The molecular weight excluding hydrogens is 462 g/mol. The molecule has 0 saturated carbocycles. The van der Waals surface area contributed by atoms with Gasteiger partial charge in [0.2, 0.25) is 0 Å². The Morgan fingerprint density at radius 3 is 2.22 bits per heavy atom. The molecule has 0 bridgehead atoms. The monoisotopic (exact) mass is 495 g/mol. The number of para-hydroxylation sites is 3. The molecule has 5 rings (SSSR count). The van der Waals surface area contributed by atoms with Crippen molar-refractivity contribution in [1.82, 2.24) is 20.0 Å². The Morgan fingerprint density at radius 2 is 1.51 bits per heavy atom. The summed E-state index contributed by atoms with van der Waals surface area (Å²) in [4.78, 5) is 18.2. The summed E-state index contributed by atoms with van der Waals surface area (Å²) in [6, 6.07) is 28.1. The Hall–Kier alpha value is -4.10. The van der Waals surface area contributed by atoms with Gasteiger partial charge in [0.05, 0.1) is 18.4 Å². The zero-order chi connectivity index (χ0) is 25.5. The molecule has 4 aromatic rings. The Balaban J connectivity index is 1.21. The highest BCUT2D eigenvalue weighted by Crippen LogP contribution is 2.31. The maximum Gasteiger partial charge on any atom is 0.255 e. The summed E-state index contributed by atoms with van der Waals surface area (Å²) in [6.45, 7) is 5.69. The maximum atomic E-state index is 13.3. The Labute approximate surface area is 218 Å². The number of methoxy groups -OCH3 is 1. The van der Waals surface area contributed by atoms with E-state index in [-0.39, 0.29) is 5.91 Å². The number of aromatic nitrogens is 2. The largest absolute Gasteiger partial charge is 0.496 e. The number of hydrogen-bond donors (Lipinski definition) is 1. The molecule has 1 aromatic heterocycles. The number of carbonyl (C=O) groups excluding carboxylic acids is 1. The number of carbonyl (C=O) groups is 1. The molecule has 1 amide bonds. The molecule has 37 heavy (non-hydrogen) atoms. The third-order valence-electron chi connectivity index (χ3n) is 6.77. The van der Waals surface area contributed by atoms with Gasteiger partial charge in [0, 0.05) is 50.2 Å². The molecule has 0 spiro atoms. The summed E-state index contributed by atoms with van der Waals surface area (Å²) in [5.74, 6) is 0.557. The number of piperazine rings is 1. The number of benzene rings is 3. The molecule has 1 saturated heterocycles. The second-order valence-electron chi connectivity index (χ2n) is 9.15. The fraction of sp³-hybridized carbons (Fsp3) is 0.267. The van der Waals surface area contributed by atoms with E-state index in [0.29, 0.717) is 23.6 Å². The van der Waals surface area contributed by atoms with E-state index < -0.39 is 0 Å². The standard InChI is InChI=1S/C30H33N5O2/c1-37-28-16-9-8-15-26(28)29-27(23-35(32-29)25-13-6-3-7-14-25)30(36)31-17-10-18-33-19-21-34(22-20-33)24-11-4-2-5-12-24/h2-9,11-16,23H,10,17-22H2,1H3,(H,31,36). The van der Waals surface area contributed by atoms with Crippen LogP contribution in [0.5, 0.6) is 5.75 Å². The van der Waals surface area contributed by atoms with Crippen LogP contribution in [0.4, 0.5) is 5.69 Å². The van der Waals surface area contributed by atoms with Crippen molar-refractivity contribution < 1.29 is 9.53 Å². The minimum atomic E-state index is -0.128. The highest BCUT2D eigenvalue weighted by molar-refractivity contribution is 6.00. The van der Waals surface area contributed by atoms with Crippen LogP contribution in [0.25, 0.3) is 16.9 Å². The molecule has 0 unspecified atom stereocenters. The number of nitrogens with zero attached hydrogens (tertiary/aromatic N) is 4. The van der Waals surface area contributed by atoms with Gasteiger partial charge in [0.25, 0.3) is 5.91 Å². The van der Waals surface area contributed by atoms with Crippen molar-refractivity contribution in [2.45, 2.75) is 6.42 Å². The first kappa shape index (κ1) is 24.6. The second-order valence-corrected chi connectivity index (χ2v) is 9.15. The van der Waals surface area contributed by atoms with E-state index in [2.05, 4.69) is 45.4 Å². The van der Waals surface area contributed by atoms with E-state index in [9.17, 15) is 4.79 Å². The Morgan fingerprint density at radius 1 is 0.865 bits per heavy atom. The summed E-state index contributed by atoms with van der Waals surface area (Å²) in [7, 11) is 1.63. The van der Waals surface area contributed by atoms with Gasteiger partial charge < -0.3 is 15.0 Å². The van der Waals surface area contributed by atoms with Gasteiger partial charge in [-0.15, -0.1) is 0 Å². The quantitative estimate of drug-likeness (QED) is 0.347. The molecular formula is C30H33N5O2. The van der Waals surface area contributed by atoms with Crippen LogP contribution in [0, 0.1) is 0 Å². The number of hydrogen-bond acceptors (Lipinski definition) is 5. The molecule has 190 valence electrons. The number of nitrogens with one attached hydrogen (secondary N) is 1. The Kier molecular flexibility index (Phi) is 7.81. The van der Waals surface area contributed by atoms with Gasteiger partial charge in [-0.25, -0.2) is 4.68 Å². The lowest BCUT2D eigenvalue weighted by Gasteiger charge is -2.36. The number of rotatable bonds is 9. The van der Waals surface area contributed by atoms with Gasteiger partial charge in [-0.1, -0.05) is 48.5 Å². The van der Waals surface area contributed by atoms with Crippen molar-refractivity contribution in [3.05, 3.63) is 96.7 Å². The first-order valence-electron chi connectivity index (χ1n) is 12.8. The normalized spacial score (nSPS) is 13.9. The van der Waals surface area contributed by atoms with Crippen LogP contribution in [0.2, 0.25) is 0 Å². The van der Waals surface area contributed by atoms with Crippen molar-refractivity contribution in [3.8, 4) is 22.7 Å². The minimum Gasteiger partial charge on any atom is -0.496 e. The molecule has 0 atom stereocenters. The third kappa shape index (κ3) is 5.84. The summed E-state index contributed by atoms with van der Waals surface area (Å²) >= 11 is 0. The predicted molar refractivity (Wildman–Crippen MR) is 148 cm³/mol. The molecule has 3 aromatic carbocycles. The van der Waals surface area contributed by atoms with Gasteiger partial charge in [-0.2, -0.15) is 5.10 Å². The zero-order valence-electron chi connectivity index (χ0n) is 21.2. The molecule has 7 nitrogen and oxygen atoms in total. The van der Waals surface area contributed by atoms with Gasteiger partial charge in [-0.05, 0) is 49.4 Å². The number of ether oxygens (including phenoxy) is 1. The highest BCUT2D eigenvalue weighted by Gasteiger charge is 2.21. The molecule has 2 heterocycles. The van der Waals surface area contributed by atoms with Crippen LogP contribution in [0.3, 0.4) is 0 Å². The third-order valence-corrected chi connectivity index (χ3v) is 6.77. The first-order valence-corrected chi connectivity index (χ1v) is 12.8. The average Bonchev–Trinajstić information content (AvgIpc) is 3.42. The van der Waals surface area contributed by atoms with Crippen molar-refractivity contribution in [2.24, 2.45) is 0 Å². The molecule has 1 aliphatic rings. The summed E-state index contributed by atoms with van der Waals surface area (Å²) in [6.07, 6.45) is 2.70. The molecule has 1 N–H and O–H groups in total. The van der Waals surface area contributed by atoms with Crippen LogP contribution >= 0.6 is 0 Å². The van der Waals surface area contributed by atoms with Gasteiger partial charge in [-0.3, -0.25) is 9.69 Å². The predicted octanol–water partition coefficient (Wildman–Crippen LogP) is 4.49. The molecule has 1 fully saturated rings. The SMILES string of the molecule is COc1ccccc1-c1nn(-c2ccccc2)cc1C(=O)NCCCN1CCN(c2ccccc2)CC1. The smallest absolute Gasteiger partial charge is 0.255 e. The highest BCUT2D eigenvalue weighted by atomic mass is 16.5. The van der Waals surface area contributed by atoms with Gasteiger partial charge >= 0.3 is 0 Å². The van der Waals surface area contributed by atoms with Crippen LogP contribution in [-0.4, -0.2) is 67.0 Å². The maximum absolute atomic E-state index is 13.3. The lowest BCUT2D eigenvalue weighted by atomic mass is 10.1. The minimum absolute atomic E-state index is 0.128. The van der Waals surface area contributed by atoms with E-state index in [4.69, 9.17) is 9.84 Å². The van der Waals surface area contributed by atoms with Gasteiger partial charge in [0.15, 0.2) is 0 Å². The van der Waals surface area contributed by atoms with E-state index in [0.717, 1.165) is 50.4 Å². The summed E-state index contributed by atoms with van der Waals surface area (Å²) in [5, 5.41) is 7.89. The second kappa shape index (κ2) is 11.8. The van der Waals surface area contributed by atoms with Crippen molar-refractivity contribution >= 4 is 11.6 Å². The zero-order valence-corrected chi connectivity index (χ0v) is 21.2. The lowest BCUT2D eigenvalue weighted by Crippen LogP contribution is -2.47. The number of amides is 1. The van der Waals surface area contributed by atoms with E-state index in [1.165, 1.54) is 5.69 Å². The first-order chi connectivity index (χ1) is 18.2. The fourth-order valence-corrected chi connectivity index (χ4v) is 4.76. The Bertz CT molecular complexity index is 1300. The summed E-state index contributed by atoms with van der Waals surface area (Å²) < 4.78 is 7.31. The van der Waals surface area contributed by atoms with Crippen molar-refractivity contribution in [3.63, 3.8) is 0 Å². The van der Waals surface area contributed by atoms with Crippen LogP contribution in [-0.2, 0) is 0 Å². The molecule has 7 heteroatoms. The van der Waals surface area contributed by atoms with Crippen LogP contribution in [0.15, 0.2) is 91.1 Å². The summed E-state index contributed by atoms with van der Waals surface area (Å²) in [5.41, 5.74) is 4.12. The molecule has 1 aliphatic heterocycles. The van der Waals surface area contributed by atoms with Crippen molar-refractivity contribution in [2.75, 3.05) is 51.3 Å². The number of anilines is 1. The molecule has 0 aliphatic carbocycles. The van der Waals surface area contributed by atoms with Gasteiger partial charge in [0.1, 0.15) is 11.4 Å². The lowest BCUT2D eigenvalue weighted by molar-refractivity contribution is 0.0952. The topological polar surface area (TPSA) is 62.6 Å². The fourth-order valence-electron chi connectivity index (χ4n) is 4.76. The molecule has 0 radical (unpaired) electrons.